The number of carbonyl (C=O) groups is 1. The van der Waals surface area contributed by atoms with Crippen LogP contribution in [-0.4, -0.2) is 27.5 Å². The van der Waals surface area contributed by atoms with Crippen LogP contribution in [0.5, 0.6) is 0 Å². The van der Waals surface area contributed by atoms with Gasteiger partial charge >= 0.3 is 0 Å². The molecule has 4 fully saturated rings. The van der Waals surface area contributed by atoms with Gasteiger partial charge in [-0.25, -0.2) is 0 Å². The van der Waals surface area contributed by atoms with Crippen molar-refractivity contribution in [2.75, 3.05) is 5.32 Å². The van der Waals surface area contributed by atoms with Crippen molar-refractivity contribution >= 4 is 17.5 Å². The van der Waals surface area contributed by atoms with Crippen LogP contribution in [0.1, 0.15) is 59.3 Å². The quantitative estimate of drug-likeness (QED) is 0.772. The number of benzene rings is 1. The molecule has 148 valence electrons. The van der Waals surface area contributed by atoms with Crippen molar-refractivity contribution in [3.63, 3.8) is 0 Å². The van der Waals surface area contributed by atoms with Gasteiger partial charge in [0.2, 0.25) is 0 Å². The molecule has 2 atom stereocenters. The van der Waals surface area contributed by atoms with E-state index in [4.69, 9.17) is 0 Å². The largest absolute Gasteiger partial charge is 0.390 e. The predicted molar refractivity (Wildman–Crippen MR) is 113 cm³/mol. The number of carbonyl (C=O) groups excluding carboxylic acids is 1. The first kappa shape index (κ1) is 17.4. The van der Waals surface area contributed by atoms with Gasteiger partial charge < -0.3 is 10.4 Å². The number of nitrogens with zero attached hydrogens (tertiary/aromatic N) is 1. The van der Waals surface area contributed by atoms with E-state index in [2.05, 4.69) is 22.5 Å². The molecule has 2 unspecified atom stereocenters. The van der Waals surface area contributed by atoms with E-state index >= 15 is 0 Å². The van der Waals surface area contributed by atoms with Gasteiger partial charge in [0.15, 0.2) is 5.78 Å². The third-order valence-corrected chi connectivity index (χ3v) is 7.63. The number of ketones is 1. The van der Waals surface area contributed by atoms with Crippen molar-refractivity contribution in [1.82, 2.24) is 4.98 Å². The number of aromatic nitrogens is 1. The summed E-state index contributed by atoms with van der Waals surface area (Å²) in [5, 5.41) is 14.8. The first-order valence-corrected chi connectivity index (χ1v) is 10.9. The van der Waals surface area contributed by atoms with Gasteiger partial charge in [-0.3, -0.25) is 9.78 Å². The summed E-state index contributed by atoms with van der Waals surface area (Å²) in [4.78, 5) is 17.9. The summed E-state index contributed by atoms with van der Waals surface area (Å²) in [6.45, 7) is 0. The van der Waals surface area contributed by atoms with Crippen LogP contribution in [0.25, 0.3) is 6.08 Å². The topological polar surface area (TPSA) is 62.2 Å². The van der Waals surface area contributed by atoms with Crippen molar-refractivity contribution < 1.29 is 9.90 Å². The molecule has 0 radical (unpaired) electrons. The van der Waals surface area contributed by atoms with Crippen LogP contribution >= 0.6 is 0 Å². The number of hydrogen-bond acceptors (Lipinski definition) is 4. The van der Waals surface area contributed by atoms with Crippen molar-refractivity contribution in [1.29, 1.82) is 0 Å². The Morgan fingerprint density at radius 3 is 2.59 bits per heavy atom. The van der Waals surface area contributed by atoms with Crippen molar-refractivity contribution in [3.05, 3.63) is 65.0 Å². The molecule has 0 aliphatic heterocycles. The summed E-state index contributed by atoms with van der Waals surface area (Å²) in [5.41, 5.74) is 3.96. The zero-order chi connectivity index (χ0) is 19.6. The third kappa shape index (κ3) is 2.77. The number of nitrogens with one attached hydrogen (secondary N) is 1. The zero-order valence-corrected chi connectivity index (χ0v) is 16.5. The SMILES string of the molecule is O=C(c1ccccc1)c1cnc2c(c1NC1C3CC4CC1CC(O)(C4)C3)C=CC2. The Labute approximate surface area is 171 Å². The highest BCUT2D eigenvalue weighted by molar-refractivity contribution is 6.13. The lowest BCUT2D eigenvalue weighted by atomic mass is 9.52. The highest BCUT2D eigenvalue weighted by atomic mass is 16.3. The summed E-state index contributed by atoms with van der Waals surface area (Å²) in [7, 11) is 0. The maximum absolute atomic E-state index is 13.3. The third-order valence-electron chi connectivity index (χ3n) is 7.63. The van der Waals surface area contributed by atoms with Crippen LogP contribution in [0.4, 0.5) is 5.69 Å². The summed E-state index contributed by atoms with van der Waals surface area (Å²) in [5.74, 6) is 1.66. The van der Waals surface area contributed by atoms with Gasteiger partial charge in [-0.2, -0.15) is 0 Å². The monoisotopic (exact) mass is 386 g/mol. The summed E-state index contributed by atoms with van der Waals surface area (Å²) in [6.07, 6.45) is 12.0. The lowest BCUT2D eigenvalue weighted by Crippen LogP contribution is -2.59. The Morgan fingerprint density at radius 2 is 1.86 bits per heavy atom. The summed E-state index contributed by atoms with van der Waals surface area (Å²) < 4.78 is 0. The van der Waals surface area contributed by atoms with E-state index < -0.39 is 5.60 Å². The normalized spacial score (nSPS) is 33.7. The number of anilines is 1. The van der Waals surface area contributed by atoms with Crippen molar-refractivity contribution in [3.8, 4) is 0 Å². The van der Waals surface area contributed by atoms with E-state index in [0.29, 0.717) is 34.9 Å². The molecule has 7 rings (SSSR count). The van der Waals surface area contributed by atoms with Gasteiger partial charge in [0.25, 0.3) is 0 Å². The molecular formula is C25H26N2O2. The Bertz CT molecular complexity index is 997. The van der Waals surface area contributed by atoms with Crippen LogP contribution in [0, 0.1) is 17.8 Å². The lowest BCUT2D eigenvalue weighted by Gasteiger charge is -2.58. The second-order valence-corrected chi connectivity index (χ2v) is 9.57. The van der Waals surface area contributed by atoms with Crippen molar-refractivity contribution in [2.45, 2.75) is 50.2 Å². The lowest BCUT2D eigenvalue weighted by molar-refractivity contribution is -0.129. The Kier molecular flexibility index (Phi) is 3.76. The van der Waals surface area contributed by atoms with E-state index in [1.54, 1.807) is 6.20 Å². The number of fused-ring (bicyclic) bond motifs is 1. The molecule has 29 heavy (non-hydrogen) atoms. The molecule has 2 aromatic rings. The summed E-state index contributed by atoms with van der Waals surface area (Å²) in [6, 6.07) is 9.80. The minimum absolute atomic E-state index is 0.0196. The van der Waals surface area contributed by atoms with Gasteiger partial charge in [0.1, 0.15) is 0 Å². The fourth-order valence-electron chi connectivity index (χ4n) is 6.65. The molecule has 1 aromatic heterocycles. The summed E-state index contributed by atoms with van der Waals surface area (Å²) >= 11 is 0. The fourth-order valence-corrected chi connectivity index (χ4v) is 6.65. The molecule has 1 heterocycles. The van der Waals surface area contributed by atoms with Crippen molar-refractivity contribution in [2.24, 2.45) is 17.8 Å². The highest BCUT2D eigenvalue weighted by Gasteiger charge is 2.54. The smallest absolute Gasteiger partial charge is 0.196 e. The zero-order valence-electron chi connectivity index (χ0n) is 16.5. The van der Waals surface area contributed by atoms with E-state index in [1.807, 2.05) is 30.3 Å². The standard InChI is InChI=1S/C25H26N2O2/c28-24(16-5-2-1-3-6-16)20-14-26-21-8-4-7-19(21)23(20)27-22-17-9-15-10-18(22)13-25(29,11-15)12-17/h1-7,14-15,17-18,22,29H,8-13H2,(H,26,27). The molecular weight excluding hydrogens is 360 g/mol. The van der Waals surface area contributed by atoms with Gasteiger partial charge in [-0.05, 0) is 49.9 Å². The molecule has 0 amide bonds. The Hall–Kier alpha value is -2.46. The highest BCUT2D eigenvalue weighted by Crippen LogP contribution is 2.56. The average molecular weight is 386 g/mol. The number of hydrogen-bond donors (Lipinski definition) is 2. The molecule has 0 spiro atoms. The second kappa shape index (κ2) is 6.27. The van der Waals surface area contributed by atoms with E-state index in [9.17, 15) is 9.90 Å². The predicted octanol–water partition coefficient (Wildman–Crippen LogP) is 4.23. The molecule has 5 aliphatic carbocycles. The molecule has 1 aromatic carbocycles. The first-order chi connectivity index (χ1) is 14.1. The van der Waals surface area contributed by atoms with Gasteiger partial charge in [-0.1, -0.05) is 42.5 Å². The molecule has 5 aliphatic rings. The average Bonchev–Trinajstić information content (AvgIpc) is 3.19. The fraction of sp³-hybridized carbons (Fsp3) is 0.440. The molecule has 4 saturated carbocycles. The molecule has 4 nitrogen and oxygen atoms in total. The minimum Gasteiger partial charge on any atom is -0.390 e. The number of pyridine rings is 1. The first-order valence-electron chi connectivity index (χ1n) is 10.9. The molecule has 4 bridgehead atoms. The maximum atomic E-state index is 13.3. The second-order valence-electron chi connectivity index (χ2n) is 9.57. The van der Waals surface area contributed by atoms with Crippen LogP contribution in [0.2, 0.25) is 0 Å². The van der Waals surface area contributed by atoms with Crippen LogP contribution in [-0.2, 0) is 6.42 Å². The Balaban J connectivity index is 1.39. The maximum Gasteiger partial charge on any atom is 0.196 e. The number of rotatable bonds is 4. The van der Waals surface area contributed by atoms with Crippen LogP contribution in [0.15, 0.2) is 42.6 Å². The van der Waals surface area contributed by atoms with Gasteiger partial charge in [0.05, 0.1) is 22.5 Å². The van der Waals surface area contributed by atoms with E-state index in [-0.39, 0.29) is 5.78 Å². The van der Waals surface area contributed by atoms with Crippen LogP contribution in [0.3, 0.4) is 0 Å². The molecule has 0 saturated heterocycles. The van der Waals surface area contributed by atoms with Crippen LogP contribution < -0.4 is 5.32 Å². The minimum atomic E-state index is -0.447. The number of allylic oxidation sites excluding steroid dienone is 1. The molecule has 4 heteroatoms. The van der Waals surface area contributed by atoms with Gasteiger partial charge in [-0.15, -0.1) is 0 Å². The van der Waals surface area contributed by atoms with Gasteiger partial charge in [0, 0.05) is 29.8 Å². The number of aliphatic hydroxyl groups is 1. The van der Waals surface area contributed by atoms with E-state index in [1.165, 1.54) is 12.8 Å². The van der Waals surface area contributed by atoms with E-state index in [0.717, 1.165) is 42.6 Å². The molecule has 2 N–H and O–H groups in total. The Morgan fingerprint density at radius 1 is 1.10 bits per heavy atom.